The first-order chi connectivity index (χ1) is 9.86. The molecule has 2 aliphatic heterocycles. The van der Waals surface area contributed by atoms with Crippen LogP contribution in [0.2, 0.25) is 0 Å². The molecule has 3 rings (SSSR count). The number of fused-ring (bicyclic) bond motifs is 1. The Kier molecular flexibility index (Phi) is 4.55. The maximum absolute atomic E-state index is 5.83. The normalized spacial score (nSPS) is 26.9. The average Bonchev–Trinajstić information content (AvgIpc) is 2.78. The average molecular weight is 276 g/mol. The van der Waals surface area contributed by atoms with Gasteiger partial charge in [-0.15, -0.1) is 0 Å². The summed E-state index contributed by atoms with van der Waals surface area (Å²) >= 11 is 0. The Balaban J connectivity index is 1.63. The summed E-state index contributed by atoms with van der Waals surface area (Å²) in [6.07, 6.45) is 0. The van der Waals surface area contributed by atoms with Crippen LogP contribution in [0.5, 0.6) is 5.75 Å². The zero-order valence-corrected chi connectivity index (χ0v) is 12.2. The smallest absolute Gasteiger partial charge is 0.123 e. The molecule has 110 valence electrons. The molecule has 1 N–H and O–H groups in total. The predicted molar refractivity (Wildman–Crippen MR) is 79.0 cm³/mol. The summed E-state index contributed by atoms with van der Waals surface area (Å²) in [5, 5.41) is 3.54. The van der Waals surface area contributed by atoms with Gasteiger partial charge in [0, 0.05) is 37.2 Å². The lowest BCUT2D eigenvalue weighted by Crippen LogP contribution is -2.42. The summed E-state index contributed by atoms with van der Waals surface area (Å²) in [7, 11) is 0. The molecule has 1 fully saturated rings. The number of hydrogen-bond donors (Lipinski definition) is 1. The van der Waals surface area contributed by atoms with E-state index in [2.05, 4.69) is 35.3 Å². The van der Waals surface area contributed by atoms with Crippen LogP contribution in [0, 0.1) is 5.92 Å². The van der Waals surface area contributed by atoms with E-state index in [9.17, 15) is 0 Å². The number of likely N-dealkylation sites (N-methyl/N-ethyl adjacent to an activating group) is 1. The highest BCUT2D eigenvalue weighted by Gasteiger charge is 2.29. The summed E-state index contributed by atoms with van der Waals surface area (Å²) in [5.41, 5.74) is 1.30. The van der Waals surface area contributed by atoms with Gasteiger partial charge in [0.15, 0.2) is 0 Å². The summed E-state index contributed by atoms with van der Waals surface area (Å²) < 4.78 is 11.5. The summed E-state index contributed by atoms with van der Waals surface area (Å²) in [6, 6.07) is 8.87. The predicted octanol–water partition coefficient (Wildman–Crippen LogP) is 1.51. The summed E-state index contributed by atoms with van der Waals surface area (Å²) in [4.78, 5) is 2.50. The van der Waals surface area contributed by atoms with E-state index in [1.807, 2.05) is 6.07 Å². The molecule has 0 aromatic heterocycles. The molecule has 4 nitrogen and oxygen atoms in total. The zero-order chi connectivity index (χ0) is 13.8. The van der Waals surface area contributed by atoms with Crippen LogP contribution in [0.25, 0.3) is 0 Å². The molecule has 2 heterocycles. The first-order valence-electron chi connectivity index (χ1n) is 7.61. The van der Waals surface area contributed by atoms with E-state index in [4.69, 9.17) is 9.47 Å². The lowest BCUT2D eigenvalue weighted by Gasteiger charge is -2.26. The van der Waals surface area contributed by atoms with Crippen molar-refractivity contribution < 1.29 is 9.47 Å². The van der Waals surface area contributed by atoms with Crippen LogP contribution in [0.4, 0.5) is 0 Å². The van der Waals surface area contributed by atoms with Gasteiger partial charge >= 0.3 is 0 Å². The minimum absolute atomic E-state index is 0.499. The van der Waals surface area contributed by atoms with Gasteiger partial charge in [-0.25, -0.2) is 0 Å². The molecule has 2 aliphatic rings. The van der Waals surface area contributed by atoms with Crippen LogP contribution in [-0.2, 0) is 11.3 Å². The fraction of sp³-hybridized carbons (Fsp3) is 0.625. The van der Waals surface area contributed by atoms with Crippen molar-refractivity contribution in [3.8, 4) is 5.75 Å². The lowest BCUT2D eigenvalue weighted by molar-refractivity contribution is 0.159. The third-order valence-electron chi connectivity index (χ3n) is 4.19. The van der Waals surface area contributed by atoms with E-state index >= 15 is 0 Å². The largest absolute Gasteiger partial charge is 0.492 e. The second-order valence-corrected chi connectivity index (χ2v) is 5.65. The molecule has 1 aromatic carbocycles. The van der Waals surface area contributed by atoms with Crippen molar-refractivity contribution in [1.82, 2.24) is 10.2 Å². The first kappa shape index (κ1) is 13.9. The van der Waals surface area contributed by atoms with E-state index in [0.29, 0.717) is 12.0 Å². The second-order valence-electron chi connectivity index (χ2n) is 5.65. The number of rotatable bonds is 4. The SMILES string of the molecule is CCNC1COCC1CN1CCOc2ccccc2C1. The number of nitrogens with zero attached hydrogens (tertiary/aromatic N) is 1. The van der Waals surface area contributed by atoms with Gasteiger partial charge in [0.05, 0.1) is 13.2 Å². The Labute approximate surface area is 121 Å². The highest BCUT2D eigenvalue weighted by molar-refractivity contribution is 5.33. The fourth-order valence-electron chi connectivity index (χ4n) is 3.13. The number of ether oxygens (including phenoxy) is 2. The van der Waals surface area contributed by atoms with Crippen molar-refractivity contribution in [2.24, 2.45) is 5.92 Å². The number of benzene rings is 1. The molecule has 4 heteroatoms. The molecule has 0 spiro atoms. The number of nitrogens with one attached hydrogen (secondary N) is 1. The molecular formula is C16H24N2O2. The van der Waals surface area contributed by atoms with Crippen molar-refractivity contribution in [1.29, 1.82) is 0 Å². The maximum Gasteiger partial charge on any atom is 0.123 e. The number of hydrogen-bond acceptors (Lipinski definition) is 4. The molecule has 0 saturated carbocycles. The van der Waals surface area contributed by atoms with Crippen molar-refractivity contribution in [2.45, 2.75) is 19.5 Å². The summed E-state index contributed by atoms with van der Waals surface area (Å²) in [5.74, 6) is 1.63. The van der Waals surface area contributed by atoms with E-state index < -0.39 is 0 Å². The van der Waals surface area contributed by atoms with Crippen molar-refractivity contribution >= 4 is 0 Å². The molecule has 1 aromatic rings. The Bertz CT molecular complexity index is 438. The van der Waals surface area contributed by atoms with E-state index in [1.54, 1.807) is 0 Å². The molecule has 0 radical (unpaired) electrons. The van der Waals surface area contributed by atoms with Crippen molar-refractivity contribution in [3.05, 3.63) is 29.8 Å². The number of para-hydroxylation sites is 1. The zero-order valence-electron chi connectivity index (χ0n) is 12.2. The quantitative estimate of drug-likeness (QED) is 0.904. The topological polar surface area (TPSA) is 33.7 Å². The molecule has 1 saturated heterocycles. The molecule has 0 bridgehead atoms. The van der Waals surface area contributed by atoms with Crippen molar-refractivity contribution in [2.75, 3.05) is 39.5 Å². The lowest BCUT2D eigenvalue weighted by atomic mass is 10.0. The van der Waals surface area contributed by atoms with Gasteiger partial charge in [0.2, 0.25) is 0 Å². The fourth-order valence-corrected chi connectivity index (χ4v) is 3.13. The Morgan fingerprint density at radius 2 is 2.20 bits per heavy atom. The van der Waals surface area contributed by atoms with Crippen LogP contribution in [-0.4, -0.2) is 50.4 Å². The molecule has 0 amide bonds. The van der Waals surface area contributed by atoms with Crippen LogP contribution < -0.4 is 10.1 Å². The van der Waals surface area contributed by atoms with Crippen LogP contribution in [0.1, 0.15) is 12.5 Å². The van der Waals surface area contributed by atoms with E-state index in [0.717, 1.165) is 51.7 Å². The van der Waals surface area contributed by atoms with Crippen LogP contribution in [0.15, 0.2) is 24.3 Å². The minimum atomic E-state index is 0.499. The molecule has 0 aliphatic carbocycles. The maximum atomic E-state index is 5.83. The van der Waals surface area contributed by atoms with Crippen LogP contribution in [0.3, 0.4) is 0 Å². The van der Waals surface area contributed by atoms with Gasteiger partial charge in [0.1, 0.15) is 12.4 Å². The van der Waals surface area contributed by atoms with Gasteiger partial charge in [-0.05, 0) is 12.6 Å². The molecular weight excluding hydrogens is 252 g/mol. The second kappa shape index (κ2) is 6.57. The van der Waals surface area contributed by atoms with Gasteiger partial charge in [-0.1, -0.05) is 25.1 Å². The van der Waals surface area contributed by atoms with Gasteiger partial charge in [-0.2, -0.15) is 0 Å². The van der Waals surface area contributed by atoms with Gasteiger partial charge in [-0.3, -0.25) is 4.90 Å². The Hall–Kier alpha value is -1.10. The summed E-state index contributed by atoms with van der Waals surface area (Å²) in [6.45, 7) is 8.71. The Morgan fingerprint density at radius 1 is 1.30 bits per heavy atom. The van der Waals surface area contributed by atoms with Crippen LogP contribution >= 0.6 is 0 Å². The highest BCUT2D eigenvalue weighted by Crippen LogP contribution is 2.24. The molecule has 2 atom stereocenters. The van der Waals surface area contributed by atoms with Crippen molar-refractivity contribution in [3.63, 3.8) is 0 Å². The van der Waals surface area contributed by atoms with Gasteiger partial charge in [0.25, 0.3) is 0 Å². The third kappa shape index (κ3) is 3.14. The highest BCUT2D eigenvalue weighted by atomic mass is 16.5. The standard InChI is InChI=1S/C16H24N2O2/c1-2-17-15-12-19-11-14(15)10-18-7-8-20-16-6-4-3-5-13(16)9-18/h3-6,14-15,17H,2,7-12H2,1H3. The first-order valence-corrected chi connectivity index (χ1v) is 7.61. The van der Waals surface area contributed by atoms with Gasteiger partial charge < -0.3 is 14.8 Å². The van der Waals surface area contributed by atoms with E-state index in [1.165, 1.54) is 5.56 Å². The minimum Gasteiger partial charge on any atom is -0.492 e. The molecule has 20 heavy (non-hydrogen) atoms. The monoisotopic (exact) mass is 276 g/mol. The van der Waals surface area contributed by atoms with E-state index in [-0.39, 0.29) is 0 Å². The molecule has 2 unspecified atom stereocenters. The third-order valence-corrected chi connectivity index (χ3v) is 4.19. The Morgan fingerprint density at radius 3 is 3.10 bits per heavy atom.